The van der Waals surface area contributed by atoms with Crippen LogP contribution in [0.4, 0.5) is 4.79 Å². The second-order valence-electron chi connectivity index (χ2n) is 7.62. The van der Waals surface area contributed by atoms with Gasteiger partial charge in [-0.15, -0.1) is 0 Å². The van der Waals surface area contributed by atoms with E-state index in [0.29, 0.717) is 13.0 Å². The van der Waals surface area contributed by atoms with E-state index < -0.39 is 0 Å². The summed E-state index contributed by atoms with van der Waals surface area (Å²) in [4.78, 5) is 17.7. The minimum Gasteiger partial charge on any atom is -0.445 e. The molecule has 4 atom stereocenters. The van der Waals surface area contributed by atoms with E-state index in [0.717, 1.165) is 17.5 Å². The van der Waals surface area contributed by atoms with E-state index in [1.165, 1.54) is 0 Å². The number of azide groups is 1. The fourth-order valence-corrected chi connectivity index (χ4v) is 3.73. The molecule has 1 amide bonds. The van der Waals surface area contributed by atoms with E-state index >= 15 is 0 Å². The fraction of sp³-hybridized carbons (Fsp3) is 0.435. The van der Waals surface area contributed by atoms with Crippen LogP contribution in [0.25, 0.3) is 10.4 Å². The van der Waals surface area contributed by atoms with Crippen molar-refractivity contribution in [3.8, 4) is 0 Å². The van der Waals surface area contributed by atoms with Gasteiger partial charge in [-0.25, -0.2) is 4.79 Å². The molecule has 1 aliphatic heterocycles. The van der Waals surface area contributed by atoms with Crippen LogP contribution in [0.3, 0.4) is 0 Å². The predicted octanol–water partition coefficient (Wildman–Crippen LogP) is 5.46. The number of rotatable bonds is 7. The predicted molar refractivity (Wildman–Crippen MR) is 115 cm³/mol. The van der Waals surface area contributed by atoms with Crippen LogP contribution in [0, 0.1) is 0 Å². The Kier molecular flexibility index (Phi) is 7.71. The van der Waals surface area contributed by atoms with Crippen molar-refractivity contribution in [3.63, 3.8) is 0 Å². The van der Waals surface area contributed by atoms with Crippen molar-refractivity contribution in [1.29, 1.82) is 0 Å². The highest BCUT2D eigenvalue weighted by Crippen LogP contribution is 2.27. The summed E-state index contributed by atoms with van der Waals surface area (Å²) in [6.07, 6.45) is 0.730. The number of amides is 1. The Balaban J connectivity index is 1.71. The maximum Gasteiger partial charge on any atom is 0.410 e. The van der Waals surface area contributed by atoms with Crippen LogP contribution in [0.1, 0.15) is 37.8 Å². The molecule has 158 valence electrons. The molecule has 0 aliphatic carbocycles. The Morgan fingerprint density at radius 2 is 1.80 bits per heavy atom. The third-order valence-electron chi connectivity index (χ3n) is 5.54. The second-order valence-corrected chi connectivity index (χ2v) is 7.62. The van der Waals surface area contributed by atoms with Crippen molar-refractivity contribution in [2.24, 2.45) is 5.11 Å². The van der Waals surface area contributed by atoms with Crippen LogP contribution >= 0.6 is 0 Å². The number of hydrogen-bond donors (Lipinski definition) is 0. The number of hydrogen-bond acceptors (Lipinski definition) is 4. The number of carbonyl (C=O) groups excluding carboxylic acids is 1. The molecule has 0 spiro atoms. The highest BCUT2D eigenvalue weighted by Gasteiger charge is 2.35. The molecule has 0 N–H and O–H groups in total. The van der Waals surface area contributed by atoms with Crippen molar-refractivity contribution in [1.82, 2.24) is 4.90 Å². The molecule has 1 fully saturated rings. The van der Waals surface area contributed by atoms with Crippen molar-refractivity contribution in [2.45, 2.75) is 64.1 Å². The normalized spacial score (nSPS) is 21.9. The average Bonchev–Trinajstić information content (AvgIpc) is 2.78. The molecule has 2 aromatic rings. The van der Waals surface area contributed by atoms with Gasteiger partial charge in [-0.2, -0.15) is 0 Å². The first kappa shape index (κ1) is 21.7. The van der Waals surface area contributed by atoms with Gasteiger partial charge in [0.1, 0.15) is 6.61 Å². The summed E-state index contributed by atoms with van der Waals surface area (Å²) in [5.74, 6) is 0. The molecular formula is C23H28N4O3. The molecule has 7 heteroatoms. The van der Waals surface area contributed by atoms with Crippen LogP contribution in [0.15, 0.2) is 65.8 Å². The highest BCUT2D eigenvalue weighted by molar-refractivity contribution is 5.68. The van der Waals surface area contributed by atoms with Gasteiger partial charge in [-0.05, 0) is 43.3 Å². The summed E-state index contributed by atoms with van der Waals surface area (Å²) in [6, 6.07) is 19.1. The Morgan fingerprint density at radius 3 is 2.40 bits per heavy atom. The van der Waals surface area contributed by atoms with Gasteiger partial charge in [0.25, 0.3) is 0 Å². The monoisotopic (exact) mass is 408 g/mol. The van der Waals surface area contributed by atoms with Crippen molar-refractivity contribution in [3.05, 3.63) is 82.2 Å². The van der Waals surface area contributed by atoms with Gasteiger partial charge >= 0.3 is 6.09 Å². The van der Waals surface area contributed by atoms with E-state index in [1.54, 1.807) is 4.90 Å². The highest BCUT2D eigenvalue weighted by atomic mass is 16.6. The van der Waals surface area contributed by atoms with Gasteiger partial charge in [0.15, 0.2) is 0 Å². The molecule has 2 unspecified atom stereocenters. The first-order chi connectivity index (χ1) is 14.6. The Hall–Kier alpha value is -3.02. The summed E-state index contributed by atoms with van der Waals surface area (Å²) in [5, 5.41) is 3.82. The van der Waals surface area contributed by atoms with Crippen LogP contribution in [-0.4, -0.2) is 35.3 Å². The Bertz CT molecular complexity index is 855. The number of nitrogens with zero attached hydrogens (tertiary/aromatic N) is 4. The summed E-state index contributed by atoms with van der Waals surface area (Å²) in [7, 11) is 0. The van der Waals surface area contributed by atoms with Crippen LogP contribution in [-0.2, 0) is 22.6 Å². The average molecular weight is 409 g/mol. The van der Waals surface area contributed by atoms with E-state index in [2.05, 4.69) is 10.0 Å². The molecule has 1 aliphatic rings. The summed E-state index contributed by atoms with van der Waals surface area (Å²) in [5.41, 5.74) is 10.7. The Labute approximate surface area is 177 Å². The molecule has 2 aromatic carbocycles. The molecule has 30 heavy (non-hydrogen) atoms. The number of carbonyl (C=O) groups is 1. The third kappa shape index (κ3) is 5.75. The zero-order chi connectivity index (χ0) is 21.3. The molecule has 0 aromatic heterocycles. The summed E-state index contributed by atoms with van der Waals surface area (Å²) >= 11 is 0. The van der Waals surface area contributed by atoms with E-state index in [4.69, 9.17) is 15.0 Å². The van der Waals surface area contributed by atoms with E-state index in [-0.39, 0.29) is 37.0 Å². The first-order valence-electron chi connectivity index (χ1n) is 10.3. The van der Waals surface area contributed by atoms with E-state index in [1.807, 2.05) is 74.5 Å². The lowest BCUT2D eigenvalue weighted by atomic mass is 9.95. The third-order valence-corrected chi connectivity index (χ3v) is 5.54. The van der Waals surface area contributed by atoms with Gasteiger partial charge in [0.05, 0.1) is 24.3 Å². The lowest BCUT2D eigenvalue weighted by molar-refractivity contribution is -0.0852. The second kappa shape index (κ2) is 10.7. The van der Waals surface area contributed by atoms with Gasteiger partial charge in [-0.3, -0.25) is 4.90 Å². The number of benzene rings is 2. The number of ether oxygens (including phenoxy) is 2. The molecule has 3 rings (SSSR count). The lowest BCUT2D eigenvalue weighted by Crippen LogP contribution is -2.50. The summed E-state index contributed by atoms with van der Waals surface area (Å²) in [6.45, 7) is 4.55. The molecule has 1 heterocycles. The van der Waals surface area contributed by atoms with Gasteiger partial charge < -0.3 is 9.47 Å². The van der Waals surface area contributed by atoms with Crippen molar-refractivity contribution >= 4 is 6.09 Å². The smallest absolute Gasteiger partial charge is 0.410 e. The van der Waals surface area contributed by atoms with Crippen LogP contribution in [0.5, 0.6) is 0 Å². The molecule has 7 nitrogen and oxygen atoms in total. The Morgan fingerprint density at radius 1 is 1.17 bits per heavy atom. The lowest BCUT2D eigenvalue weighted by Gasteiger charge is -2.39. The van der Waals surface area contributed by atoms with Gasteiger partial charge in [0, 0.05) is 11.5 Å². The van der Waals surface area contributed by atoms with Crippen molar-refractivity contribution < 1.29 is 14.3 Å². The maximum atomic E-state index is 13.0. The zero-order valence-corrected chi connectivity index (χ0v) is 17.4. The summed E-state index contributed by atoms with van der Waals surface area (Å²) < 4.78 is 11.8. The molecular weight excluding hydrogens is 380 g/mol. The quantitative estimate of drug-likeness (QED) is 0.346. The molecule has 1 saturated heterocycles. The minimum absolute atomic E-state index is 0.155. The zero-order valence-electron chi connectivity index (χ0n) is 17.4. The largest absolute Gasteiger partial charge is 0.445 e. The van der Waals surface area contributed by atoms with Crippen molar-refractivity contribution in [2.75, 3.05) is 0 Å². The SMILES string of the molecule is CC1O[C@H]([C@@H](C)N(Cc2ccccc2)C(=O)OCc2ccccc2)CCC1N=[N+]=[N-]. The fourth-order valence-electron chi connectivity index (χ4n) is 3.73. The van der Waals surface area contributed by atoms with Gasteiger partial charge in [-0.1, -0.05) is 65.8 Å². The standard InChI is InChI=1S/C23H28N4O3/c1-17(22-14-13-21(25-26-24)18(2)30-22)27(15-19-9-5-3-6-10-19)23(28)29-16-20-11-7-4-8-12-20/h3-12,17-18,21-22H,13-16H2,1-2H3/t17-,18?,21?,22+/m1/s1. The van der Waals surface area contributed by atoms with Gasteiger partial charge in [0.2, 0.25) is 0 Å². The van der Waals surface area contributed by atoms with Crippen LogP contribution < -0.4 is 0 Å². The maximum absolute atomic E-state index is 13.0. The van der Waals surface area contributed by atoms with E-state index in [9.17, 15) is 4.79 Å². The minimum atomic E-state index is -0.372. The molecule has 0 saturated carbocycles. The topological polar surface area (TPSA) is 87.5 Å². The van der Waals surface area contributed by atoms with Crippen LogP contribution in [0.2, 0.25) is 0 Å². The first-order valence-corrected chi connectivity index (χ1v) is 10.3. The molecule has 0 radical (unpaired) electrons. The molecule has 0 bridgehead atoms.